The molecule has 1 N–H and O–H groups in total. The van der Waals surface area contributed by atoms with Crippen LogP contribution in [0.15, 0.2) is 47.3 Å². The number of carbonyl (C=O) groups is 1. The Labute approximate surface area is 160 Å². The van der Waals surface area contributed by atoms with E-state index in [4.69, 9.17) is 0 Å². The number of rotatable bonds is 2. The summed E-state index contributed by atoms with van der Waals surface area (Å²) in [7, 11) is 1.67. The third kappa shape index (κ3) is 3.48. The van der Waals surface area contributed by atoms with Crippen molar-refractivity contribution in [2.75, 3.05) is 11.9 Å². The molecule has 0 saturated heterocycles. The van der Waals surface area contributed by atoms with Crippen molar-refractivity contribution in [3.63, 3.8) is 0 Å². The fourth-order valence-corrected chi connectivity index (χ4v) is 3.80. The van der Waals surface area contributed by atoms with E-state index in [0.29, 0.717) is 11.3 Å². The summed E-state index contributed by atoms with van der Waals surface area (Å²) in [6.45, 7) is 8.97. The van der Waals surface area contributed by atoms with E-state index in [0.717, 1.165) is 12.8 Å². The van der Waals surface area contributed by atoms with Crippen LogP contribution in [-0.4, -0.2) is 18.1 Å². The molecule has 0 radical (unpaired) electrons. The fraction of sp³-hybridized carbons (Fsp3) is 0.391. The second kappa shape index (κ2) is 6.52. The van der Waals surface area contributed by atoms with Crippen LogP contribution >= 0.6 is 0 Å². The largest absolute Gasteiger partial charge is 0.504 e. The zero-order chi connectivity index (χ0) is 20.0. The summed E-state index contributed by atoms with van der Waals surface area (Å²) in [4.78, 5) is 26.1. The summed E-state index contributed by atoms with van der Waals surface area (Å²) in [6, 6.07) is 11.7. The van der Waals surface area contributed by atoms with Gasteiger partial charge in [0.1, 0.15) is 0 Å². The van der Waals surface area contributed by atoms with Crippen molar-refractivity contribution in [1.29, 1.82) is 0 Å². The number of amides is 1. The van der Waals surface area contributed by atoms with Gasteiger partial charge in [-0.25, -0.2) is 0 Å². The third-order valence-electron chi connectivity index (χ3n) is 5.86. The monoisotopic (exact) mass is 365 g/mol. The van der Waals surface area contributed by atoms with Crippen molar-refractivity contribution < 1.29 is 9.90 Å². The second-order valence-corrected chi connectivity index (χ2v) is 8.73. The van der Waals surface area contributed by atoms with Gasteiger partial charge < -0.3 is 10.0 Å². The normalized spacial score (nSPS) is 17.1. The molecule has 1 amide bonds. The van der Waals surface area contributed by atoms with Crippen LogP contribution in [0.1, 0.15) is 62.0 Å². The van der Waals surface area contributed by atoms with Gasteiger partial charge in [-0.3, -0.25) is 9.59 Å². The maximum Gasteiger partial charge on any atom is 0.258 e. The van der Waals surface area contributed by atoms with Crippen LogP contribution < -0.4 is 10.3 Å². The van der Waals surface area contributed by atoms with Crippen LogP contribution in [0, 0.1) is 0 Å². The first kappa shape index (κ1) is 19.2. The molecule has 1 aliphatic carbocycles. The minimum Gasteiger partial charge on any atom is -0.504 e. The van der Waals surface area contributed by atoms with Crippen LogP contribution in [0.4, 0.5) is 5.69 Å². The molecule has 1 aliphatic rings. The van der Waals surface area contributed by atoms with Gasteiger partial charge in [-0.1, -0.05) is 33.8 Å². The maximum absolute atomic E-state index is 13.1. The van der Waals surface area contributed by atoms with E-state index >= 15 is 0 Å². The topological polar surface area (TPSA) is 57.6 Å². The molecule has 4 heteroatoms. The van der Waals surface area contributed by atoms with E-state index in [1.807, 2.05) is 12.1 Å². The van der Waals surface area contributed by atoms with Crippen molar-refractivity contribution in [2.24, 2.45) is 0 Å². The van der Waals surface area contributed by atoms with Crippen LogP contribution in [-0.2, 0) is 10.8 Å². The molecular weight excluding hydrogens is 338 g/mol. The lowest BCUT2D eigenvalue weighted by atomic mass is 9.63. The molecule has 27 heavy (non-hydrogen) atoms. The molecule has 0 heterocycles. The first-order valence-electron chi connectivity index (χ1n) is 9.29. The Bertz CT molecular complexity index is 960. The Hall–Kier alpha value is -2.62. The molecule has 0 atom stereocenters. The molecule has 0 aromatic heterocycles. The molecule has 2 aromatic carbocycles. The zero-order valence-corrected chi connectivity index (χ0v) is 16.7. The quantitative estimate of drug-likeness (QED) is 0.859. The maximum atomic E-state index is 13.1. The smallest absolute Gasteiger partial charge is 0.258 e. The SMILES string of the molecule is CN(C(=O)c1ccc2c(c1)C(C)(C)CCC2(C)C)c1ccc(O)c(=O)cc1. The lowest BCUT2D eigenvalue weighted by molar-refractivity contribution is 0.0992. The van der Waals surface area contributed by atoms with Gasteiger partial charge in [0, 0.05) is 18.3 Å². The molecule has 0 bridgehead atoms. The predicted octanol–water partition coefficient (Wildman–Crippen LogP) is 4.38. The van der Waals surface area contributed by atoms with Crippen molar-refractivity contribution in [3.8, 4) is 5.75 Å². The number of fused-ring (bicyclic) bond motifs is 1. The number of hydrogen-bond donors (Lipinski definition) is 1. The Morgan fingerprint density at radius 2 is 1.52 bits per heavy atom. The summed E-state index contributed by atoms with van der Waals surface area (Å²) >= 11 is 0. The number of nitrogens with zero attached hydrogens (tertiary/aromatic N) is 1. The van der Waals surface area contributed by atoms with Crippen LogP contribution in [0.3, 0.4) is 0 Å². The zero-order valence-electron chi connectivity index (χ0n) is 16.7. The molecule has 142 valence electrons. The van der Waals surface area contributed by atoms with E-state index < -0.39 is 5.43 Å². The Kier molecular flexibility index (Phi) is 4.62. The standard InChI is InChI=1S/C23H27NO3/c1-22(2)12-13-23(3,4)18-14-15(6-9-17(18)22)21(27)24(5)16-7-10-19(25)20(26)11-8-16/h6-11,14H,12-13H2,1-5H3,(H,25,26). The van der Waals surface area contributed by atoms with Gasteiger partial charge in [0.25, 0.3) is 5.91 Å². The van der Waals surface area contributed by atoms with E-state index in [2.05, 4.69) is 33.8 Å². The Balaban J connectivity index is 2.01. The van der Waals surface area contributed by atoms with Gasteiger partial charge >= 0.3 is 0 Å². The van der Waals surface area contributed by atoms with Crippen molar-refractivity contribution >= 4 is 11.6 Å². The van der Waals surface area contributed by atoms with E-state index in [1.165, 1.54) is 28.2 Å². The van der Waals surface area contributed by atoms with Crippen molar-refractivity contribution in [2.45, 2.75) is 51.4 Å². The summed E-state index contributed by atoms with van der Waals surface area (Å²) in [6.07, 6.45) is 2.21. The minimum absolute atomic E-state index is 0.0299. The summed E-state index contributed by atoms with van der Waals surface area (Å²) in [5.74, 6) is -0.477. The molecule has 3 rings (SSSR count). The number of benzene rings is 1. The first-order chi connectivity index (χ1) is 12.5. The molecule has 0 aliphatic heterocycles. The van der Waals surface area contributed by atoms with Crippen LogP contribution in [0.5, 0.6) is 5.75 Å². The predicted molar refractivity (Wildman–Crippen MR) is 109 cm³/mol. The van der Waals surface area contributed by atoms with Crippen LogP contribution in [0.25, 0.3) is 0 Å². The van der Waals surface area contributed by atoms with Gasteiger partial charge in [0.15, 0.2) is 5.75 Å². The fourth-order valence-electron chi connectivity index (χ4n) is 3.80. The van der Waals surface area contributed by atoms with E-state index in [9.17, 15) is 14.7 Å². The third-order valence-corrected chi connectivity index (χ3v) is 5.86. The van der Waals surface area contributed by atoms with E-state index in [-0.39, 0.29) is 22.5 Å². The lowest BCUT2D eigenvalue weighted by Gasteiger charge is -2.42. The highest BCUT2D eigenvalue weighted by Crippen LogP contribution is 2.46. The van der Waals surface area contributed by atoms with Gasteiger partial charge in [-0.05, 0) is 71.2 Å². The highest BCUT2D eigenvalue weighted by atomic mass is 16.3. The first-order valence-corrected chi connectivity index (χ1v) is 9.29. The number of aromatic hydroxyl groups is 1. The van der Waals surface area contributed by atoms with Gasteiger partial charge in [-0.2, -0.15) is 0 Å². The average Bonchev–Trinajstić information content (AvgIpc) is 2.79. The molecule has 0 unspecified atom stereocenters. The highest BCUT2D eigenvalue weighted by molar-refractivity contribution is 6.05. The van der Waals surface area contributed by atoms with Crippen molar-refractivity contribution in [3.05, 3.63) is 69.4 Å². The number of anilines is 1. The van der Waals surface area contributed by atoms with Gasteiger partial charge in [-0.15, -0.1) is 0 Å². The average molecular weight is 365 g/mol. The second-order valence-electron chi connectivity index (χ2n) is 8.73. The molecule has 4 nitrogen and oxygen atoms in total. The van der Waals surface area contributed by atoms with E-state index in [1.54, 1.807) is 19.2 Å². The number of hydrogen-bond acceptors (Lipinski definition) is 3. The highest BCUT2D eigenvalue weighted by Gasteiger charge is 2.37. The summed E-state index contributed by atoms with van der Waals surface area (Å²) in [5, 5.41) is 9.56. The van der Waals surface area contributed by atoms with Gasteiger partial charge in [0.05, 0.1) is 0 Å². The molecular formula is C23H27NO3. The Morgan fingerprint density at radius 1 is 0.926 bits per heavy atom. The van der Waals surface area contributed by atoms with Crippen LogP contribution in [0.2, 0.25) is 0 Å². The molecule has 0 saturated carbocycles. The molecule has 0 fully saturated rings. The lowest BCUT2D eigenvalue weighted by Crippen LogP contribution is -2.34. The molecule has 0 spiro atoms. The summed E-state index contributed by atoms with van der Waals surface area (Å²) in [5.41, 5.74) is 3.38. The minimum atomic E-state index is -0.472. The van der Waals surface area contributed by atoms with Crippen molar-refractivity contribution in [1.82, 2.24) is 0 Å². The van der Waals surface area contributed by atoms with Gasteiger partial charge in [0.2, 0.25) is 5.43 Å². The Morgan fingerprint density at radius 3 is 2.19 bits per heavy atom. The summed E-state index contributed by atoms with van der Waals surface area (Å²) < 4.78 is 0. The molecule has 2 aromatic rings. The number of carbonyl (C=O) groups excluding carboxylic acids is 1.